The van der Waals surface area contributed by atoms with E-state index in [0.717, 1.165) is 12.3 Å². The second kappa shape index (κ2) is 5.82. The molecule has 0 bridgehead atoms. The smallest absolute Gasteiger partial charge is 0.241 e. The standard InChI is InChI=1S/C16H30N2O/c1-10(2)8-14-16(19)18(15(17-14)11(3)4)12(5)9-13-6-7-13/h10-15,17H,6-9H2,1-5H3. The Bertz CT molecular complexity index is 323. The van der Waals surface area contributed by atoms with Crippen molar-refractivity contribution in [3.63, 3.8) is 0 Å². The van der Waals surface area contributed by atoms with Crippen LogP contribution in [0.5, 0.6) is 0 Å². The molecule has 110 valence electrons. The van der Waals surface area contributed by atoms with Crippen molar-refractivity contribution in [2.45, 2.75) is 78.6 Å². The van der Waals surface area contributed by atoms with Crippen LogP contribution in [0.1, 0.15) is 60.3 Å². The van der Waals surface area contributed by atoms with Crippen molar-refractivity contribution in [1.82, 2.24) is 10.2 Å². The van der Waals surface area contributed by atoms with Crippen LogP contribution < -0.4 is 5.32 Å². The molecule has 3 atom stereocenters. The number of carbonyl (C=O) groups is 1. The molecule has 2 rings (SSSR count). The van der Waals surface area contributed by atoms with Gasteiger partial charge in [0, 0.05) is 6.04 Å². The largest absolute Gasteiger partial charge is 0.323 e. The number of nitrogens with one attached hydrogen (secondary N) is 1. The van der Waals surface area contributed by atoms with Crippen molar-refractivity contribution in [2.75, 3.05) is 0 Å². The topological polar surface area (TPSA) is 32.3 Å². The number of hydrogen-bond donors (Lipinski definition) is 1. The average Bonchev–Trinajstić information content (AvgIpc) is 3.03. The normalized spacial score (nSPS) is 29.6. The Labute approximate surface area is 118 Å². The van der Waals surface area contributed by atoms with Crippen LogP contribution in [-0.2, 0) is 4.79 Å². The lowest BCUT2D eigenvalue weighted by Gasteiger charge is -2.32. The van der Waals surface area contributed by atoms with Gasteiger partial charge in [-0.1, -0.05) is 40.5 Å². The minimum absolute atomic E-state index is 0.0362. The van der Waals surface area contributed by atoms with E-state index >= 15 is 0 Å². The van der Waals surface area contributed by atoms with Crippen LogP contribution in [0.2, 0.25) is 0 Å². The van der Waals surface area contributed by atoms with Crippen molar-refractivity contribution >= 4 is 5.91 Å². The summed E-state index contributed by atoms with van der Waals surface area (Å²) >= 11 is 0. The minimum Gasteiger partial charge on any atom is -0.323 e. The van der Waals surface area contributed by atoms with E-state index in [9.17, 15) is 4.79 Å². The van der Waals surface area contributed by atoms with Gasteiger partial charge in [-0.15, -0.1) is 0 Å². The van der Waals surface area contributed by atoms with E-state index in [1.165, 1.54) is 19.3 Å². The monoisotopic (exact) mass is 266 g/mol. The zero-order valence-electron chi connectivity index (χ0n) is 13.1. The number of rotatable bonds is 6. The van der Waals surface area contributed by atoms with Crippen LogP contribution in [0.4, 0.5) is 0 Å². The van der Waals surface area contributed by atoms with Crippen LogP contribution >= 0.6 is 0 Å². The third kappa shape index (κ3) is 3.50. The summed E-state index contributed by atoms with van der Waals surface area (Å²) in [5, 5.41) is 3.57. The fraction of sp³-hybridized carbons (Fsp3) is 0.938. The van der Waals surface area contributed by atoms with Crippen LogP contribution in [0.15, 0.2) is 0 Å². The summed E-state index contributed by atoms with van der Waals surface area (Å²) in [5.74, 6) is 2.25. The first kappa shape index (κ1) is 14.8. The summed E-state index contributed by atoms with van der Waals surface area (Å²) < 4.78 is 0. The van der Waals surface area contributed by atoms with Crippen molar-refractivity contribution < 1.29 is 4.79 Å². The maximum Gasteiger partial charge on any atom is 0.241 e. The van der Waals surface area contributed by atoms with Gasteiger partial charge in [-0.05, 0) is 37.5 Å². The predicted octanol–water partition coefficient (Wildman–Crippen LogP) is 3.00. The second-order valence-corrected chi connectivity index (χ2v) is 7.31. The van der Waals surface area contributed by atoms with Crippen LogP contribution in [0, 0.1) is 17.8 Å². The highest BCUT2D eigenvalue weighted by Crippen LogP contribution is 2.36. The van der Waals surface area contributed by atoms with Crippen molar-refractivity contribution in [1.29, 1.82) is 0 Å². The Kier molecular flexibility index (Phi) is 4.54. The molecule has 1 aliphatic carbocycles. The van der Waals surface area contributed by atoms with Crippen LogP contribution in [0.3, 0.4) is 0 Å². The lowest BCUT2D eigenvalue weighted by molar-refractivity contribution is -0.133. The Morgan fingerprint density at radius 2 is 1.79 bits per heavy atom. The zero-order chi connectivity index (χ0) is 14.2. The molecule has 1 N–H and O–H groups in total. The van der Waals surface area contributed by atoms with E-state index in [-0.39, 0.29) is 12.2 Å². The summed E-state index contributed by atoms with van der Waals surface area (Å²) in [6, 6.07) is 0.422. The maximum absolute atomic E-state index is 12.7. The van der Waals surface area contributed by atoms with E-state index in [0.29, 0.717) is 23.8 Å². The molecule has 1 heterocycles. The Morgan fingerprint density at radius 1 is 1.16 bits per heavy atom. The van der Waals surface area contributed by atoms with Gasteiger partial charge < -0.3 is 4.90 Å². The summed E-state index contributed by atoms with van der Waals surface area (Å²) in [4.78, 5) is 14.8. The first-order chi connectivity index (χ1) is 8.90. The van der Waals surface area contributed by atoms with E-state index in [1.807, 2.05) is 0 Å². The highest BCUT2D eigenvalue weighted by atomic mass is 16.2. The molecule has 2 aliphatic rings. The molecular formula is C16H30N2O. The number of amides is 1. The molecule has 1 aliphatic heterocycles. The average molecular weight is 266 g/mol. The molecule has 0 aromatic heterocycles. The van der Waals surface area contributed by atoms with Crippen molar-refractivity contribution in [2.24, 2.45) is 17.8 Å². The number of hydrogen-bond acceptors (Lipinski definition) is 2. The van der Waals surface area contributed by atoms with Crippen molar-refractivity contribution in [3.05, 3.63) is 0 Å². The van der Waals surface area contributed by atoms with Gasteiger partial charge in [-0.25, -0.2) is 0 Å². The van der Waals surface area contributed by atoms with Gasteiger partial charge in [-0.3, -0.25) is 10.1 Å². The summed E-state index contributed by atoms with van der Waals surface area (Å²) in [7, 11) is 0. The molecule has 0 aromatic rings. The Balaban J connectivity index is 2.05. The first-order valence-corrected chi connectivity index (χ1v) is 7.98. The Morgan fingerprint density at radius 3 is 2.26 bits per heavy atom. The lowest BCUT2D eigenvalue weighted by atomic mass is 10.0. The van der Waals surface area contributed by atoms with Gasteiger partial charge >= 0.3 is 0 Å². The molecule has 3 unspecified atom stereocenters. The molecule has 0 radical (unpaired) electrons. The van der Waals surface area contributed by atoms with Crippen LogP contribution in [0.25, 0.3) is 0 Å². The van der Waals surface area contributed by atoms with Crippen LogP contribution in [-0.4, -0.2) is 29.1 Å². The molecule has 0 aromatic carbocycles. The molecule has 3 heteroatoms. The van der Waals surface area contributed by atoms with Gasteiger partial charge in [0.1, 0.15) is 0 Å². The molecule has 1 saturated heterocycles. The molecule has 0 spiro atoms. The third-order valence-corrected chi connectivity index (χ3v) is 4.41. The van der Waals surface area contributed by atoms with E-state index in [4.69, 9.17) is 0 Å². The van der Waals surface area contributed by atoms with Gasteiger partial charge in [0.2, 0.25) is 5.91 Å². The minimum atomic E-state index is 0.0362. The maximum atomic E-state index is 12.7. The quantitative estimate of drug-likeness (QED) is 0.801. The first-order valence-electron chi connectivity index (χ1n) is 7.98. The van der Waals surface area contributed by atoms with E-state index < -0.39 is 0 Å². The molecular weight excluding hydrogens is 236 g/mol. The highest BCUT2D eigenvalue weighted by Gasteiger charge is 2.43. The molecule has 1 saturated carbocycles. The predicted molar refractivity (Wildman–Crippen MR) is 78.7 cm³/mol. The van der Waals surface area contributed by atoms with Crippen molar-refractivity contribution in [3.8, 4) is 0 Å². The SMILES string of the molecule is CC(C)CC1NC(C(C)C)N(C(C)CC2CC2)C1=O. The van der Waals surface area contributed by atoms with E-state index in [1.54, 1.807) is 0 Å². The Hall–Kier alpha value is -0.570. The zero-order valence-corrected chi connectivity index (χ0v) is 13.1. The van der Waals surface area contributed by atoms with Gasteiger partial charge in [0.15, 0.2) is 0 Å². The number of carbonyl (C=O) groups excluding carboxylic acids is 1. The van der Waals surface area contributed by atoms with Gasteiger partial charge in [0.05, 0.1) is 12.2 Å². The fourth-order valence-electron chi connectivity index (χ4n) is 3.27. The summed E-state index contributed by atoms with van der Waals surface area (Å²) in [5.41, 5.74) is 0. The fourth-order valence-corrected chi connectivity index (χ4v) is 3.27. The highest BCUT2D eigenvalue weighted by molar-refractivity contribution is 5.84. The molecule has 3 nitrogen and oxygen atoms in total. The summed E-state index contributed by atoms with van der Waals surface area (Å²) in [6.45, 7) is 11.0. The third-order valence-electron chi connectivity index (χ3n) is 4.41. The lowest BCUT2D eigenvalue weighted by Crippen LogP contribution is -2.46. The van der Waals surface area contributed by atoms with Gasteiger partial charge in [-0.2, -0.15) is 0 Å². The second-order valence-electron chi connectivity index (χ2n) is 7.31. The molecule has 2 fully saturated rings. The summed E-state index contributed by atoms with van der Waals surface area (Å²) in [6.07, 6.45) is 5.09. The molecule has 1 amide bonds. The van der Waals surface area contributed by atoms with E-state index in [2.05, 4.69) is 44.8 Å². The number of nitrogens with zero attached hydrogens (tertiary/aromatic N) is 1. The molecule has 19 heavy (non-hydrogen) atoms. The van der Waals surface area contributed by atoms with Gasteiger partial charge in [0.25, 0.3) is 0 Å².